The van der Waals surface area contributed by atoms with E-state index in [2.05, 4.69) is 5.32 Å². The number of ether oxygens (including phenoxy) is 2. The number of hydrogen-bond donors (Lipinski definition) is 1. The van der Waals surface area contributed by atoms with Gasteiger partial charge in [0.25, 0.3) is 10.0 Å². The smallest absolute Gasteiger partial charge is 0.264 e. The predicted octanol–water partition coefficient (Wildman–Crippen LogP) is 5.16. The first-order chi connectivity index (χ1) is 20.3. The summed E-state index contributed by atoms with van der Waals surface area (Å²) in [6.07, 6.45) is 0.731. The monoisotopic (exact) mass is 609 g/mol. The van der Waals surface area contributed by atoms with Gasteiger partial charge in [-0.3, -0.25) is 13.9 Å². The minimum absolute atomic E-state index is 0.0650. The molecular weight excluding hydrogens is 566 g/mol. The van der Waals surface area contributed by atoms with Crippen LogP contribution in [0.3, 0.4) is 0 Å². The third kappa shape index (κ3) is 8.28. The molecule has 2 atom stereocenters. The Hall–Kier alpha value is -4.05. The summed E-state index contributed by atoms with van der Waals surface area (Å²) in [5.74, 6) is -0.210. The van der Waals surface area contributed by atoms with Crippen LogP contribution in [0, 0.1) is 20.8 Å². The molecule has 3 aromatic rings. The largest absolute Gasteiger partial charge is 0.493 e. The van der Waals surface area contributed by atoms with Gasteiger partial charge in [0.15, 0.2) is 11.5 Å². The van der Waals surface area contributed by atoms with Crippen molar-refractivity contribution in [1.82, 2.24) is 10.2 Å². The Kier molecular flexibility index (Phi) is 11.2. The van der Waals surface area contributed by atoms with Gasteiger partial charge in [-0.05, 0) is 82.0 Å². The molecule has 0 aliphatic heterocycles. The summed E-state index contributed by atoms with van der Waals surface area (Å²) in [5, 5.41) is 2.95. The van der Waals surface area contributed by atoms with E-state index in [9.17, 15) is 18.0 Å². The molecule has 10 heteroatoms. The highest BCUT2D eigenvalue weighted by Gasteiger charge is 2.33. The number of anilines is 1. The van der Waals surface area contributed by atoms with Gasteiger partial charge in [0.1, 0.15) is 12.6 Å². The third-order valence-corrected chi connectivity index (χ3v) is 9.13. The number of benzene rings is 3. The summed E-state index contributed by atoms with van der Waals surface area (Å²) < 4.78 is 40.2. The number of amides is 2. The second-order valence-electron chi connectivity index (χ2n) is 10.9. The third-order valence-electron chi connectivity index (χ3n) is 7.36. The highest BCUT2D eigenvalue weighted by atomic mass is 32.2. The Morgan fingerprint density at radius 2 is 1.44 bits per heavy atom. The highest BCUT2D eigenvalue weighted by Crippen LogP contribution is 2.33. The molecule has 0 bridgehead atoms. The average Bonchev–Trinajstić information content (AvgIpc) is 2.97. The number of methoxy groups -OCH3 is 2. The Morgan fingerprint density at radius 1 is 0.837 bits per heavy atom. The Balaban J connectivity index is 2.10. The van der Waals surface area contributed by atoms with Crippen molar-refractivity contribution in [1.29, 1.82) is 0 Å². The van der Waals surface area contributed by atoms with Crippen LogP contribution in [0.25, 0.3) is 0 Å². The molecule has 0 fully saturated rings. The van der Waals surface area contributed by atoms with Gasteiger partial charge in [0.05, 0.1) is 24.8 Å². The predicted molar refractivity (Wildman–Crippen MR) is 169 cm³/mol. The van der Waals surface area contributed by atoms with Crippen molar-refractivity contribution >= 4 is 27.5 Å². The zero-order valence-corrected chi connectivity index (χ0v) is 27.1. The van der Waals surface area contributed by atoms with Gasteiger partial charge in [-0.15, -0.1) is 0 Å². The zero-order chi connectivity index (χ0) is 31.9. The number of sulfonamides is 1. The van der Waals surface area contributed by atoms with Crippen LogP contribution in [-0.2, 0) is 26.2 Å². The van der Waals surface area contributed by atoms with Crippen molar-refractivity contribution in [2.45, 2.75) is 71.5 Å². The van der Waals surface area contributed by atoms with Crippen LogP contribution >= 0.6 is 0 Å². The molecule has 3 rings (SSSR count). The second-order valence-corrected chi connectivity index (χ2v) is 12.7. The standard InChI is InChI=1S/C33H43N3O6S/c1-9-25(5)34-33(38)26(6)35(20-27-12-10-22(2)11-13-27)32(37)21-36(28-17-23(3)16-24(4)18-28)43(39,40)29-14-15-30(41-7)31(19-29)42-8/h10-19,25-26H,9,20-21H2,1-8H3,(H,34,38)/t25-,26+/m0/s1. The molecule has 232 valence electrons. The fourth-order valence-electron chi connectivity index (χ4n) is 4.67. The van der Waals surface area contributed by atoms with Crippen LogP contribution in [0.2, 0.25) is 0 Å². The van der Waals surface area contributed by atoms with Gasteiger partial charge in [-0.25, -0.2) is 8.42 Å². The Morgan fingerprint density at radius 3 is 2.00 bits per heavy atom. The number of rotatable bonds is 13. The summed E-state index contributed by atoms with van der Waals surface area (Å²) >= 11 is 0. The van der Waals surface area contributed by atoms with Crippen molar-refractivity contribution < 1.29 is 27.5 Å². The van der Waals surface area contributed by atoms with Gasteiger partial charge >= 0.3 is 0 Å². The van der Waals surface area contributed by atoms with Crippen LogP contribution < -0.4 is 19.1 Å². The molecule has 0 heterocycles. The van der Waals surface area contributed by atoms with Crippen molar-refractivity contribution in [3.8, 4) is 11.5 Å². The maximum atomic E-state index is 14.2. The van der Waals surface area contributed by atoms with Gasteiger partial charge < -0.3 is 19.7 Å². The molecular formula is C33H43N3O6S. The molecule has 9 nitrogen and oxygen atoms in total. The van der Waals surface area contributed by atoms with E-state index in [-0.39, 0.29) is 29.1 Å². The number of nitrogens with zero attached hydrogens (tertiary/aromatic N) is 2. The molecule has 0 aliphatic rings. The first-order valence-electron chi connectivity index (χ1n) is 14.3. The van der Waals surface area contributed by atoms with E-state index in [1.807, 2.05) is 65.0 Å². The topological polar surface area (TPSA) is 105 Å². The van der Waals surface area contributed by atoms with Crippen LogP contribution in [0.5, 0.6) is 11.5 Å². The maximum absolute atomic E-state index is 14.2. The molecule has 0 radical (unpaired) electrons. The van der Waals surface area contributed by atoms with E-state index in [4.69, 9.17) is 9.47 Å². The van der Waals surface area contributed by atoms with Crippen LogP contribution in [0.4, 0.5) is 5.69 Å². The van der Waals surface area contributed by atoms with Crippen LogP contribution in [0.1, 0.15) is 49.4 Å². The SMILES string of the molecule is CC[C@H](C)NC(=O)[C@@H](C)N(Cc1ccc(C)cc1)C(=O)CN(c1cc(C)cc(C)c1)S(=O)(=O)c1ccc(OC)c(OC)c1. The number of carbonyl (C=O) groups excluding carboxylic acids is 2. The lowest BCUT2D eigenvalue weighted by Gasteiger charge is -2.32. The van der Waals surface area contributed by atoms with Crippen molar-refractivity contribution in [2.75, 3.05) is 25.1 Å². The van der Waals surface area contributed by atoms with E-state index in [0.29, 0.717) is 11.4 Å². The number of nitrogens with one attached hydrogen (secondary N) is 1. The molecule has 43 heavy (non-hydrogen) atoms. The summed E-state index contributed by atoms with van der Waals surface area (Å²) in [7, 11) is -1.38. The van der Waals surface area contributed by atoms with E-state index >= 15 is 0 Å². The first kappa shape index (κ1) is 33.5. The highest BCUT2D eigenvalue weighted by molar-refractivity contribution is 7.92. The van der Waals surface area contributed by atoms with E-state index < -0.39 is 28.5 Å². The lowest BCUT2D eigenvalue weighted by Crippen LogP contribution is -2.52. The molecule has 0 saturated heterocycles. The number of aryl methyl sites for hydroxylation is 3. The van der Waals surface area contributed by atoms with E-state index in [1.165, 1.54) is 37.3 Å². The average molecular weight is 610 g/mol. The fraction of sp³-hybridized carbons (Fsp3) is 0.394. The quantitative estimate of drug-likeness (QED) is 0.287. The van der Waals surface area contributed by atoms with Crippen molar-refractivity contribution in [3.05, 3.63) is 82.9 Å². The van der Waals surface area contributed by atoms with Gasteiger partial charge in [0.2, 0.25) is 11.8 Å². The summed E-state index contributed by atoms with van der Waals surface area (Å²) in [6, 6.07) is 16.4. The Bertz CT molecular complexity index is 1520. The summed E-state index contributed by atoms with van der Waals surface area (Å²) in [6.45, 7) is 10.8. The molecule has 1 N–H and O–H groups in total. The van der Waals surface area contributed by atoms with Crippen LogP contribution in [0.15, 0.2) is 65.6 Å². The zero-order valence-electron chi connectivity index (χ0n) is 26.3. The molecule has 0 saturated carbocycles. The lowest BCUT2D eigenvalue weighted by molar-refractivity contribution is -0.139. The van der Waals surface area contributed by atoms with Gasteiger partial charge in [-0.2, -0.15) is 0 Å². The van der Waals surface area contributed by atoms with Crippen molar-refractivity contribution in [2.24, 2.45) is 0 Å². The maximum Gasteiger partial charge on any atom is 0.264 e. The van der Waals surface area contributed by atoms with Crippen LogP contribution in [-0.4, -0.2) is 58.0 Å². The van der Waals surface area contributed by atoms with Crippen molar-refractivity contribution in [3.63, 3.8) is 0 Å². The first-order valence-corrected chi connectivity index (χ1v) is 15.7. The fourth-order valence-corrected chi connectivity index (χ4v) is 6.08. The number of hydrogen-bond acceptors (Lipinski definition) is 6. The number of carbonyl (C=O) groups is 2. The van der Waals surface area contributed by atoms with E-state index in [0.717, 1.165) is 33.0 Å². The molecule has 0 spiro atoms. The second kappa shape index (κ2) is 14.4. The van der Waals surface area contributed by atoms with E-state index in [1.54, 1.807) is 19.1 Å². The minimum atomic E-state index is -4.27. The molecule has 3 aromatic carbocycles. The summed E-state index contributed by atoms with van der Waals surface area (Å²) in [5.41, 5.74) is 3.90. The van der Waals surface area contributed by atoms with Gasteiger partial charge in [-0.1, -0.05) is 42.8 Å². The minimum Gasteiger partial charge on any atom is -0.493 e. The molecule has 0 aromatic heterocycles. The lowest BCUT2D eigenvalue weighted by atomic mass is 10.1. The molecule has 0 aliphatic carbocycles. The molecule has 2 amide bonds. The normalized spacial score (nSPS) is 12.7. The molecule has 0 unspecified atom stereocenters. The summed E-state index contributed by atoms with van der Waals surface area (Å²) in [4.78, 5) is 28.8. The van der Waals surface area contributed by atoms with Gasteiger partial charge in [0, 0.05) is 18.7 Å². The Labute approximate surface area is 255 Å².